The highest BCUT2D eigenvalue weighted by molar-refractivity contribution is 8.06. The Labute approximate surface area is 122 Å². The summed E-state index contributed by atoms with van der Waals surface area (Å²) in [5.41, 5.74) is 2.83. The van der Waals surface area contributed by atoms with Crippen molar-refractivity contribution in [3.63, 3.8) is 0 Å². The molecule has 0 fully saturated rings. The normalized spacial score (nSPS) is 21.5. The van der Waals surface area contributed by atoms with Gasteiger partial charge in [-0.05, 0) is 36.6 Å². The molecule has 0 saturated heterocycles. The molecule has 0 unspecified atom stereocenters. The van der Waals surface area contributed by atoms with Crippen LogP contribution in [0.15, 0.2) is 39.8 Å². The Kier molecular flexibility index (Phi) is 3.57. The minimum Gasteiger partial charge on any atom is -0.497 e. The zero-order chi connectivity index (χ0) is 14.1. The Morgan fingerprint density at radius 2 is 2.00 bits per heavy atom. The number of carbonyl (C=O) groups is 1. The molecule has 1 aliphatic heterocycles. The van der Waals surface area contributed by atoms with Gasteiger partial charge >= 0.3 is 0 Å². The highest BCUT2D eigenvalue weighted by Crippen LogP contribution is 2.41. The van der Waals surface area contributed by atoms with E-state index in [1.54, 1.807) is 26.0 Å². The van der Waals surface area contributed by atoms with Gasteiger partial charge in [0.25, 0.3) is 0 Å². The molecule has 0 spiro atoms. The van der Waals surface area contributed by atoms with Crippen LogP contribution in [-0.4, -0.2) is 20.0 Å². The van der Waals surface area contributed by atoms with E-state index in [2.05, 4.69) is 0 Å². The van der Waals surface area contributed by atoms with Crippen LogP contribution in [0.3, 0.4) is 0 Å². The second-order valence-corrected chi connectivity index (χ2v) is 5.89. The molecular formula is C16H16O3S. The second-order valence-electron chi connectivity index (χ2n) is 4.79. The zero-order valence-electron chi connectivity index (χ0n) is 11.6. The second kappa shape index (κ2) is 5.37. The summed E-state index contributed by atoms with van der Waals surface area (Å²) < 4.78 is 10.5. The summed E-state index contributed by atoms with van der Waals surface area (Å²) in [6, 6.07) is 5.76. The number of methoxy groups -OCH3 is 2. The molecule has 0 atom stereocenters. The van der Waals surface area contributed by atoms with Crippen molar-refractivity contribution in [1.29, 1.82) is 0 Å². The van der Waals surface area contributed by atoms with Gasteiger partial charge in [0.05, 0.1) is 14.2 Å². The Balaban J connectivity index is 1.95. The molecular weight excluding hydrogens is 272 g/mol. The van der Waals surface area contributed by atoms with Crippen LogP contribution in [0, 0.1) is 0 Å². The maximum Gasteiger partial charge on any atom is 0.190 e. The molecule has 0 radical (unpaired) electrons. The number of Topliss-reactive ketones (excluding diaryl/α,β-unsaturated/α-hetero) is 1. The molecule has 104 valence electrons. The van der Waals surface area contributed by atoms with Gasteiger partial charge in [0.15, 0.2) is 10.9 Å². The van der Waals surface area contributed by atoms with Gasteiger partial charge in [0.1, 0.15) is 5.75 Å². The molecule has 3 nitrogen and oxygen atoms in total. The fraction of sp³-hybridized carbons (Fsp3) is 0.312. The molecule has 0 saturated carbocycles. The van der Waals surface area contributed by atoms with E-state index < -0.39 is 0 Å². The van der Waals surface area contributed by atoms with Crippen molar-refractivity contribution in [2.75, 3.05) is 14.2 Å². The van der Waals surface area contributed by atoms with E-state index in [0.717, 1.165) is 51.7 Å². The van der Waals surface area contributed by atoms with Crippen LogP contribution < -0.4 is 4.74 Å². The number of benzene rings is 1. The molecule has 1 aliphatic carbocycles. The molecule has 4 heteroatoms. The SMILES string of the molecule is COC1=CC/C(=C2\CCc3ccc(OC)cc3C2=O)S1. The minimum atomic E-state index is 0.137. The van der Waals surface area contributed by atoms with Gasteiger partial charge in [0, 0.05) is 22.5 Å². The summed E-state index contributed by atoms with van der Waals surface area (Å²) in [5, 5.41) is 0.886. The van der Waals surface area contributed by atoms with Crippen molar-refractivity contribution >= 4 is 17.5 Å². The molecule has 1 aromatic rings. The first-order valence-corrected chi connectivity index (χ1v) is 7.40. The largest absolute Gasteiger partial charge is 0.497 e. The lowest BCUT2D eigenvalue weighted by atomic mass is 9.86. The number of carbonyl (C=O) groups excluding carboxylic acids is 1. The molecule has 1 aromatic carbocycles. The number of ether oxygens (including phenoxy) is 2. The van der Waals surface area contributed by atoms with Crippen LogP contribution in [0.5, 0.6) is 5.75 Å². The van der Waals surface area contributed by atoms with Gasteiger partial charge in [-0.25, -0.2) is 0 Å². The Morgan fingerprint density at radius 3 is 2.70 bits per heavy atom. The lowest BCUT2D eigenvalue weighted by Crippen LogP contribution is -2.15. The predicted octanol–water partition coefficient (Wildman–Crippen LogP) is 3.70. The zero-order valence-corrected chi connectivity index (χ0v) is 12.4. The molecule has 0 N–H and O–H groups in total. The molecule has 3 rings (SSSR count). The summed E-state index contributed by atoms with van der Waals surface area (Å²) in [4.78, 5) is 13.8. The fourth-order valence-corrected chi connectivity index (χ4v) is 3.58. The Hall–Kier alpha value is -1.68. The van der Waals surface area contributed by atoms with E-state index in [1.165, 1.54) is 0 Å². The maximum atomic E-state index is 12.7. The standard InChI is InChI=1S/C16H16O3S/c1-18-11-5-3-10-4-6-12(16(17)13(10)9-11)14-7-8-15(19-2)20-14/h3,5,8-9H,4,6-7H2,1-2H3/b14-12-. The molecule has 2 aliphatic rings. The van der Waals surface area contributed by atoms with E-state index in [4.69, 9.17) is 9.47 Å². The van der Waals surface area contributed by atoms with Crippen LogP contribution in [0.1, 0.15) is 28.8 Å². The third-order valence-corrected chi connectivity index (χ3v) is 4.89. The molecule has 0 amide bonds. The van der Waals surface area contributed by atoms with Crippen molar-refractivity contribution in [2.45, 2.75) is 19.3 Å². The van der Waals surface area contributed by atoms with Crippen molar-refractivity contribution in [3.05, 3.63) is 51.0 Å². The first-order chi connectivity index (χ1) is 9.72. The summed E-state index contributed by atoms with van der Waals surface area (Å²) in [7, 11) is 3.28. The quantitative estimate of drug-likeness (QED) is 0.777. The molecule has 20 heavy (non-hydrogen) atoms. The Bertz CT molecular complexity index is 629. The van der Waals surface area contributed by atoms with E-state index in [0.29, 0.717) is 0 Å². The topological polar surface area (TPSA) is 35.5 Å². The van der Waals surface area contributed by atoms with Gasteiger partial charge in [-0.3, -0.25) is 4.79 Å². The van der Waals surface area contributed by atoms with Crippen molar-refractivity contribution in [2.24, 2.45) is 0 Å². The van der Waals surface area contributed by atoms with Gasteiger partial charge in [-0.1, -0.05) is 17.8 Å². The molecule has 0 bridgehead atoms. The average Bonchev–Trinajstić information content (AvgIpc) is 2.96. The lowest BCUT2D eigenvalue weighted by molar-refractivity contribution is 0.102. The number of ketones is 1. The average molecular weight is 288 g/mol. The first-order valence-electron chi connectivity index (χ1n) is 6.58. The number of hydrogen-bond donors (Lipinski definition) is 0. The fourth-order valence-electron chi connectivity index (χ4n) is 2.60. The van der Waals surface area contributed by atoms with Gasteiger partial charge in [-0.15, -0.1) is 0 Å². The van der Waals surface area contributed by atoms with Crippen molar-refractivity contribution < 1.29 is 14.3 Å². The van der Waals surface area contributed by atoms with Crippen LogP contribution in [0.2, 0.25) is 0 Å². The number of fused-ring (bicyclic) bond motifs is 1. The minimum absolute atomic E-state index is 0.137. The van der Waals surface area contributed by atoms with Crippen LogP contribution in [0.25, 0.3) is 0 Å². The summed E-state index contributed by atoms with van der Waals surface area (Å²) in [6.07, 6.45) is 4.55. The van der Waals surface area contributed by atoms with E-state index >= 15 is 0 Å². The first kappa shape index (κ1) is 13.3. The van der Waals surface area contributed by atoms with Crippen molar-refractivity contribution in [3.8, 4) is 5.75 Å². The highest BCUT2D eigenvalue weighted by Gasteiger charge is 2.27. The lowest BCUT2D eigenvalue weighted by Gasteiger charge is -2.19. The number of aryl methyl sites for hydroxylation is 1. The van der Waals surface area contributed by atoms with E-state index in [1.807, 2.05) is 24.3 Å². The van der Waals surface area contributed by atoms with Crippen LogP contribution >= 0.6 is 11.8 Å². The summed E-state index contributed by atoms with van der Waals surface area (Å²) in [5.74, 6) is 0.872. The van der Waals surface area contributed by atoms with Gasteiger partial charge in [0.2, 0.25) is 0 Å². The van der Waals surface area contributed by atoms with E-state index in [9.17, 15) is 4.79 Å². The smallest absolute Gasteiger partial charge is 0.190 e. The molecule has 0 aromatic heterocycles. The maximum absolute atomic E-state index is 12.7. The third-order valence-electron chi connectivity index (χ3n) is 3.70. The van der Waals surface area contributed by atoms with Crippen molar-refractivity contribution in [1.82, 2.24) is 0 Å². The monoisotopic (exact) mass is 288 g/mol. The third kappa shape index (κ3) is 2.24. The highest BCUT2D eigenvalue weighted by atomic mass is 32.2. The Morgan fingerprint density at radius 1 is 1.15 bits per heavy atom. The van der Waals surface area contributed by atoms with Crippen LogP contribution in [0.4, 0.5) is 0 Å². The molecule has 1 heterocycles. The van der Waals surface area contributed by atoms with Gasteiger partial charge < -0.3 is 9.47 Å². The number of allylic oxidation sites excluding steroid dienone is 3. The number of thioether (sulfide) groups is 1. The van der Waals surface area contributed by atoms with E-state index in [-0.39, 0.29) is 5.78 Å². The predicted molar refractivity (Wildman–Crippen MR) is 80.0 cm³/mol. The number of hydrogen-bond acceptors (Lipinski definition) is 4. The summed E-state index contributed by atoms with van der Waals surface area (Å²) >= 11 is 1.57. The number of rotatable bonds is 2. The summed E-state index contributed by atoms with van der Waals surface area (Å²) in [6.45, 7) is 0. The van der Waals surface area contributed by atoms with Crippen LogP contribution in [-0.2, 0) is 11.2 Å². The van der Waals surface area contributed by atoms with Gasteiger partial charge in [-0.2, -0.15) is 0 Å².